The highest BCUT2D eigenvalue weighted by Gasteiger charge is 2.35. The molecule has 1 N–H and O–H groups in total. The van der Waals surface area contributed by atoms with Crippen molar-refractivity contribution in [1.29, 1.82) is 0 Å². The van der Waals surface area contributed by atoms with Gasteiger partial charge in [-0.3, -0.25) is 4.90 Å². The molecule has 0 heterocycles. The van der Waals surface area contributed by atoms with Gasteiger partial charge in [0.05, 0.1) is 13.2 Å². The van der Waals surface area contributed by atoms with Gasteiger partial charge in [0.15, 0.2) is 0 Å². The van der Waals surface area contributed by atoms with Gasteiger partial charge in [-0.2, -0.15) is 0 Å². The molecular weight excluding hydrogens is 262 g/mol. The second kappa shape index (κ2) is 8.40. The summed E-state index contributed by atoms with van der Waals surface area (Å²) in [4.78, 5) is 2.37. The lowest BCUT2D eigenvalue weighted by Crippen LogP contribution is -2.54. The smallest absolute Gasteiger partial charge is 0.118 e. The van der Waals surface area contributed by atoms with E-state index in [0.717, 1.165) is 38.1 Å². The van der Waals surface area contributed by atoms with Crippen molar-refractivity contribution < 1.29 is 9.84 Å². The van der Waals surface area contributed by atoms with Crippen molar-refractivity contribution in [3.63, 3.8) is 0 Å². The number of aliphatic hydroxyl groups is 1. The average molecular weight is 293 g/mol. The van der Waals surface area contributed by atoms with E-state index in [1.165, 1.54) is 5.56 Å². The Balaban J connectivity index is 2.67. The van der Waals surface area contributed by atoms with Gasteiger partial charge in [0, 0.05) is 5.54 Å². The summed E-state index contributed by atoms with van der Waals surface area (Å²) >= 11 is 0. The van der Waals surface area contributed by atoms with Gasteiger partial charge in [-0.25, -0.2) is 0 Å². The van der Waals surface area contributed by atoms with E-state index in [4.69, 9.17) is 4.74 Å². The maximum atomic E-state index is 10.7. The maximum absolute atomic E-state index is 10.7. The third kappa shape index (κ3) is 4.45. The molecule has 0 saturated heterocycles. The minimum absolute atomic E-state index is 0.143. The number of rotatable bonds is 9. The lowest BCUT2D eigenvalue weighted by molar-refractivity contribution is -0.0234. The van der Waals surface area contributed by atoms with Gasteiger partial charge in [-0.05, 0) is 57.0 Å². The number of ether oxygens (including phenoxy) is 1. The van der Waals surface area contributed by atoms with Gasteiger partial charge in [-0.1, -0.05) is 32.9 Å². The Hall–Kier alpha value is -1.06. The Morgan fingerprint density at radius 3 is 2.14 bits per heavy atom. The van der Waals surface area contributed by atoms with Gasteiger partial charge in [0.1, 0.15) is 5.75 Å². The SMILES string of the molecule is CCN(CC)C(C)(CC)C(O)CCc1ccc(OC)cc1. The number of methoxy groups -OCH3 is 1. The van der Waals surface area contributed by atoms with E-state index in [1.807, 2.05) is 12.1 Å². The molecule has 0 saturated carbocycles. The molecule has 3 nitrogen and oxygen atoms in total. The first-order valence-corrected chi connectivity index (χ1v) is 8.07. The first-order chi connectivity index (χ1) is 10.0. The molecule has 0 radical (unpaired) electrons. The number of aliphatic hydroxyl groups excluding tert-OH is 1. The zero-order valence-electron chi connectivity index (χ0n) is 14.2. The summed E-state index contributed by atoms with van der Waals surface area (Å²) in [7, 11) is 1.68. The summed E-state index contributed by atoms with van der Waals surface area (Å²) in [5, 5.41) is 10.7. The molecule has 120 valence electrons. The van der Waals surface area contributed by atoms with E-state index >= 15 is 0 Å². The van der Waals surface area contributed by atoms with Crippen molar-refractivity contribution in [1.82, 2.24) is 4.90 Å². The molecule has 0 fully saturated rings. The number of likely N-dealkylation sites (N-methyl/N-ethyl adjacent to an activating group) is 1. The molecule has 1 aromatic carbocycles. The van der Waals surface area contributed by atoms with Crippen molar-refractivity contribution in [2.45, 2.75) is 58.6 Å². The summed E-state index contributed by atoms with van der Waals surface area (Å²) in [5.41, 5.74) is 1.10. The first kappa shape index (κ1) is 18.0. The maximum Gasteiger partial charge on any atom is 0.118 e. The monoisotopic (exact) mass is 293 g/mol. The van der Waals surface area contributed by atoms with Gasteiger partial charge in [-0.15, -0.1) is 0 Å². The van der Waals surface area contributed by atoms with E-state index in [0.29, 0.717) is 0 Å². The van der Waals surface area contributed by atoms with Crippen LogP contribution >= 0.6 is 0 Å². The fourth-order valence-corrected chi connectivity index (χ4v) is 3.02. The van der Waals surface area contributed by atoms with Crippen LogP contribution in [0.15, 0.2) is 24.3 Å². The van der Waals surface area contributed by atoms with Crippen LogP contribution in [0.1, 0.15) is 46.1 Å². The third-order valence-electron chi connectivity index (χ3n) is 4.79. The van der Waals surface area contributed by atoms with Gasteiger partial charge >= 0.3 is 0 Å². The van der Waals surface area contributed by atoms with E-state index in [-0.39, 0.29) is 11.6 Å². The summed E-state index contributed by atoms with van der Waals surface area (Å²) in [5.74, 6) is 0.876. The molecule has 0 aliphatic rings. The van der Waals surface area contributed by atoms with Crippen LogP contribution in [-0.4, -0.2) is 41.8 Å². The summed E-state index contributed by atoms with van der Waals surface area (Å²) < 4.78 is 5.17. The number of benzene rings is 1. The second-order valence-electron chi connectivity index (χ2n) is 5.79. The fraction of sp³-hybridized carbons (Fsp3) is 0.667. The Morgan fingerprint density at radius 2 is 1.71 bits per heavy atom. The normalized spacial score (nSPS) is 15.8. The molecule has 2 atom stereocenters. The van der Waals surface area contributed by atoms with E-state index in [1.54, 1.807) is 7.11 Å². The van der Waals surface area contributed by atoms with Crippen molar-refractivity contribution in [3.05, 3.63) is 29.8 Å². The molecule has 0 spiro atoms. The minimum Gasteiger partial charge on any atom is -0.497 e. The highest BCUT2D eigenvalue weighted by molar-refractivity contribution is 5.27. The third-order valence-corrected chi connectivity index (χ3v) is 4.79. The van der Waals surface area contributed by atoms with E-state index in [9.17, 15) is 5.11 Å². The van der Waals surface area contributed by atoms with Crippen LogP contribution in [0.3, 0.4) is 0 Å². The summed E-state index contributed by atoms with van der Waals surface area (Å²) in [6.07, 6.45) is 2.32. The van der Waals surface area contributed by atoms with Crippen molar-refractivity contribution in [3.8, 4) is 5.75 Å². The molecule has 21 heavy (non-hydrogen) atoms. The summed E-state index contributed by atoms with van der Waals surface area (Å²) in [6.45, 7) is 10.6. The number of hydrogen-bond donors (Lipinski definition) is 1. The molecule has 1 rings (SSSR count). The van der Waals surface area contributed by atoms with Crippen LogP contribution in [0.2, 0.25) is 0 Å². The Kier molecular flexibility index (Phi) is 7.20. The largest absolute Gasteiger partial charge is 0.497 e. The molecule has 0 amide bonds. The van der Waals surface area contributed by atoms with Crippen LogP contribution in [0.5, 0.6) is 5.75 Å². The number of aryl methyl sites for hydroxylation is 1. The minimum atomic E-state index is -0.315. The zero-order valence-corrected chi connectivity index (χ0v) is 14.2. The average Bonchev–Trinajstić information content (AvgIpc) is 2.53. The summed E-state index contributed by atoms with van der Waals surface area (Å²) in [6, 6.07) is 8.11. The molecule has 0 aromatic heterocycles. The predicted molar refractivity (Wildman–Crippen MR) is 88.9 cm³/mol. The Labute approximate surface area is 129 Å². The fourth-order valence-electron chi connectivity index (χ4n) is 3.02. The molecule has 0 bridgehead atoms. The van der Waals surface area contributed by atoms with E-state index < -0.39 is 0 Å². The lowest BCUT2D eigenvalue weighted by Gasteiger charge is -2.43. The molecule has 3 heteroatoms. The second-order valence-corrected chi connectivity index (χ2v) is 5.79. The topological polar surface area (TPSA) is 32.7 Å². The van der Waals surface area contributed by atoms with E-state index in [2.05, 4.69) is 44.7 Å². The molecule has 2 unspecified atom stereocenters. The van der Waals surface area contributed by atoms with Crippen molar-refractivity contribution >= 4 is 0 Å². The number of nitrogens with zero attached hydrogens (tertiary/aromatic N) is 1. The van der Waals surface area contributed by atoms with Crippen molar-refractivity contribution in [2.24, 2.45) is 0 Å². The molecule has 1 aromatic rings. The van der Waals surface area contributed by atoms with Crippen LogP contribution in [0.4, 0.5) is 0 Å². The first-order valence-electron chi connectivity index (χ1n) is 8.07. The van der Waals surface area contributed by atoms with Crippen LogP contribution < -0.4 is 4.74 Å². The van der Waals surface area contributed by atoms with Gasteiger partial charge < -0.3 is 9.84 Å². The highest BCUT2D eigenvalue weighted by atomic mass is 16.5. The predicted octanol–water partition coefficient (Wildman–Crippen LogP) is 3.50. The Bertz CT molecular complexity index is 400. The van der Waals surface area contributed by atoms with Crippen LogP contribution in [-0.2, 0) is 6.42 Å². The molecular formula is C18H31NO2. The lowest BCUT2D eigenvalue weighted by atomic mass is 9.86. The zero-order chi connectivity index (χ0) is 15.9. The standard InChI is InChI=1S/C18H31NO2/c1-6-18(4,19(7-2)8-3)17(20)14-11-15-9-12-16(21-5)13-10-15/h9-10,12-13,17,20H,6-8,11,14H2,1-5H3. The Morgan fingerprint density at radius 1 is 1.14 bits per heavy atom. The highest BCUT2D eigenvalue weighted by Crippen LogP contribution is 2.26. The van der Waals surface area contributed by atoms with Gasteiger partial charge in [0.2, 0.25) is 0 Å². The van der Waals surface area contributed by atoms with Crippen LogP contribution in [0.25, 0.3) is 0 Å². The van der Waals surface area contributed by atoms with Crippen LogP contribution in [0, 0.1) is 0 Å². The number of hydrogen-bond acceptors (Lipinski definition) is 3. The van der Waals surface area contributed by atoms with Gasteiger partial charge in [0.25, 0.3) is 0 Å². The molecule has 0 aliphatic carbocycles. The van der Waals surface area contributed by atoms with Crippen molar-refractivity contribution in [2.75, 3.05) is 20.2 Å². The molecule has 0 aliphatic heterocycles. The quantitative estimate of drug-likeness (QED) is 0.756.